The molecule has 1 aromatic carbocycles. The Kier molecular flexibility index (Phi) is 5.41. The number of benzene rings is 1. The molecule has 4 rings (SSSR count). The van der Waals surface area contributed by atoms with Crippen LogP contribution in [0.15, 0.2) is 29.3 Å². The third kappa shape index (κ3) is 4.38. The molecular formula is C23H27FN4O3. The number of aromatic nitrogens is 2. The molecule has 0 radical (unpaired) electrons. The number of carbonyl (C=O) groups is 2. The minimum Gasteiger partial charge on any atom is -0.444 e. The minimum atomic E-state index is -0.527. The molecule has 1 fully saturated rings. The van der Waals surface area contributed by atoms with Crippen molar-refractivity contribution < 1.29 is 18.7 Å². The number of hydrogen-bond donors (Lipinski definition) is 0. The third-order valence-electron chi connectivity index (χ3n) is 5.60. The predicted molar refractivity (Wildman–Crippen MR) is 115 cm³/mol. The van der Waals surface area contributed by atoms with Crippen LogP contribution in [0.1, 0.15) is 50.5 Å². The number of aryl methyl sites for hydroxylation is 1. The van der Waals surface area contributed by atoms with E-state index < -0.39 is 5.60 Å². The monoisotopic (exact) mass is 426 g/mol. The summed E-state index contributed by atoms with van der Waals surface area (Å²) < 4.78 is 20.2. The highest BCUT2D eigenvalue weighted by atomic mass is 19.1. The van der Waals surface area contributed by atoms with Crippen LogP contribution >= 0.6 is 0 Å². The maximum Gasteiger partial charge on any atom is 0.410 e. The van der Waals surface area contributed by atoms with Gasteiger partial charge in [-0.1, -0.05) is 12.1 Å². The number of rotatable bonds is 2. The van der Waals surface area contributed by atoms with Gasteiger partial charge < -0.3 is 9.64 Å². The van der Waals surface area contributed by atoms with Crippen molar-refractivity contribution in [3.05, 3.63) is 35.8 Å². The van der Waals surface area contributed by atoms with E-state index in [0.29, 0.717) is 24.6 Å². The van der Waals surface area contributed by atoms with E-state index in [-0.39, 0.29) is 30.2 Å². The van der Waals surface area contributed by atoms with E-state index in [4.69, 9.17) is 9.73 Å². The largest absolute Gasteiger partial charge is 0.444 e. The lowest BCUT2D eigenvalue weighted by Gasteiger charge is -2.34. The molecule has 0 unspecified atom stereocenters. The number of hydrogen-bond acceptors (Lipinski definition) is 5. The number of fused-ring (bicyclic) bond motifs is 1. The molecule has 0 spiro atoms. The van der Waals surface area contributed by atoms with Gasteiger partial charge in [0.25, 0.3) is 5.91 Å². The van der Waals surface area contributed by atoms with Gasteiger partial charge in [0.15, 0.2) is 5.82 Å². The molecule has 164 valence electrons. The van der Waals surface area contributed by atoms with Crippen LogP contribution in [-0.2, 0) is 4.74 Å². The second kappa shape index (κ2) is 7.90. The van der Waals surface area contributed by atoms with Crippen molar-refractivity contribution in [3.8, 4) is 11.1 Å². The van der Waals surface area contributed by atoms with E-state index in [1.807, 2.05) is 27.7 Å². The van der Waals surface area contributed by atoms with Gasteiger partial charge in [0.05, 0.1) is 12.1 Å². The molecule has 0 bridgehead atoms. The molecule has 0 N–H and O–H groups in total. The summed E-state index contributed by atoms with van der Waals surface area (Å²) in [5, 5.41) is 4.38. The van der Waals surface area contributed by atoms with Crippen LogP contribution in [-0.4, -0.2) is 51.1 Å². The Morgan fingerprint density at radius 3 is 2.42 bits per heavy atom. The zero-order valence-electron chi connectivity index (χ0n) is 18.3. The smallest absolute Gasteiger partial charge is 0.410 e. The maximum absolute atomic E-state index is 13.4. The molecule has 7 nitrogen and oxygen atoms in total. The molecule has 8 heteroatoms. The fourth-order valence-corrected chi connectivity index (χ4v) is 4.11. The van der Waals surface area contributed by atoms with Crippen molar-refractivity contribution >= 4 is 23.5 Å². The Bertz CT molecular complexity index is 1040. The van der Waals surface area contributed by atoms with Gasteiger partial charge in [-0.2, -0.15) is 9.78 Å². The first-order valence-corrected chi connectivity index (χ1v) is 10.6. The topological polar surface area (TPSA) is 76.8 Å². The Morgan fingerprint density at radius 2 is 1.81 bits per heavy atom. The number of carbonyl (C=O) groups excluding carboxylic acids is 2. The van der Waals surface area contributed by atoms with Crippen LogP contribution in [0.5, 0.6) is 0 Å². The molecular weight excluding hydrogens is 399 g/mol. The third-order valence-corrected chi connectivity index (χ3v) is 5.60. The van der Waals surface area contributed by atoms with Gasteiger partial charge in [0.1, 0.15) is 11.4 Å². The summed E-state index contributed by atoms with van der Waals surface area (Å²) in [5.74, 6) is 0.183. The zero-order chi connectivity index (χ0) is 22.3. The minimum absolute atomic E-state index is 0.118. The lowest BCUT2D eigenvalue weighted by molar-refractivity contribution is 0.0200. The van der Waals surface area contributed by atoms with E-state index in [1.54, 1.807) is 17.0 Å². The molecule has 0 saturated carbocycles. The molecule has 1 amide bonds. The van der Waals surface area contributed by atoms with Crippen molar-refractivity contribution in [2.45, 2.75) is 52.6 Å². The van der Waals surface area contributed by atoms with Crippen molar-refractivity contribution in [1.82, 2.24) is 14.7 Å². The average molecular weight is 426 g/mol. The molecule has 31 heavy (non-hydrogen) atoms. The summed E-state index contributed by atoms with van der Waals surface area (Å²) in [7, 11) is 0. The fourth-order valence-electron chi connectivity index (χ4n) is 4.11. The van der Waals surface area contributed by atoms with Gasteiger partial charge >= 0.3 is 6.09 Å². The lowest BCUT2D eigenvalue weighted by Crippen LogP contribution is -2.43. The summed E-state index contributed by atoms with van der Waals surface area (Å²) >= 11 is 0. The van der Waals surface area contributed by atoms with Crippen LogP contribution in [0.2, 0.25) is 0 Å². The molecule has 1 saturated heterocycles. The lowest BCUT2D eigenvalue weighted by atomic mass is 9.89. The second-order valence-electron chi connectivity index (χ2n) is 9.12. The summed E-state index contributed by atoms with van der Waals surface area (Å²) in [4.78, 5) is 31.7. The van der Waals surface area contributed by atoms with Gasteiger partial charge in [-0.25, -0.2) is 14.2 Å². The van der Waals surface area contributed by atoms with Gasteiger partial charge in [0.2, 0.25) is 0 Å². The highest BCUT2D eigenvalue weighted by Gasteiger charge is 2.33. The SMILES string of the molecule is Cc1nn2c(c1-c1ccc(F)cc1)N=C(C1CCN(C(=O)OC(C)(C)C)CC1)CC2=O. The molecule has 2 aliphatic rings. The van der Waals surface area contributed by atoms with Crippen LogP contribution in [0.25, 0.3) is 11.1 Å². The summed E-state index contributed by atoms with van der Waals surface area (Å²) in [6.45, 7) is 8.51. The number of nitrogens with zero attached hydrogens (tertiary/aromatic N) is 4. The van der Waals surface area contributed by atoms with E-state index in [1.165, 1.54) is 16.8 Å². The van der Waals surface area contributed by atoms with Gasteiger partial charge in [-0.05, 0) is 58.2 Å². The summed E-state index contributed by atoms with van der Waals surface area (Å²) in [6.07, 6.45) is 1.36. The Labute approximate surface area is 180 Å². The van der Waals surface area contributed by atoms with Gasteiger partial charge in [-0.15, -0.1) is 0 Å². The number of piperidine rings is 1. The van der Waals surface area contributed by atoms with Crippen LogP contribution in [0.3, 0.4) is 0 Å². The van der Waals surface area contributed by atoms with Gasteiger partial charge in [-0.3, -0.25) is 4.79 Å². The first-order valence-electron chi connectivity index (χ1n) is 10.6. The molecule has 0 atom stereocenters. The Balaban J connectivity index is 1.56. The molecule has 2 aliphatic heterocycles. The standard InChI is InChI=1S/C23H27FN4O3/c1-14-20(16-5-7-17(24)8-6-16)21-25-18(13-19(29)28(21)26-14)15-9-11-27(12-10-15)22(30)31-23(2,3)4/h5-8,15H,9-13H2,1-4H3. The number of halogens is 1. The highest BCUT2D eigenvalue weighted by molar-refractivity contribution is 6.08. The first kappa shape index (κ1) is 21.2. The van der Waals surface area contributed by atoms with Crippen molar-refractivity contribution in [2.75, 3.05) is 13.1 Å². The van der Waals surface area contributed by atoms with Crippen LogP contribution in [0.4, 0.5) is 15.0 Å². The van der Waals surface area contributed by atoms with Crippen molar-refractivity contribution in [3.63, 3.8) is 0 Å². The Hall–Kier alpha value is -3.03. The Morgan fingerprint density at radius 1 is 1.16 bits per heavy atom. The predicted octanol–water partition coefficient (Wildman–Crippen LogP) is 4.76. The van der Waals surface area contributed by atoms with Crippen LogP contribution in [0, 0.1) is 18.7 Å². The number of amides is 1. The normalized spacial score (nSPS) is 17.4. The molecule has 2 aromatic rings. The van der Waals surface area contributed by atoms with Crippen molar-refractivity contribution in [1.29, 1.82) is 0 Å². The second-order valence-corrected chi connectivity index (χ2v) is 9.12. The molecule has 1 aromatic heterocycles. The quantitative estimate of drug-likeness (QED) is 0.694. The van der Waals surface area contributed by atoms with E-state index in [2.05, 4.69) is 5.10 Å². The number of aliphatic imine (C=N–C) groups is 1. The maximum atomic E-state index is 13.4. The van der Waals surface area contributed by atoms with Crippen LogP contribution < -0.4 is 0 Å². The van der Waals surface area contributed by atoms with E-state index in [0.717, 1.165) is 29.7 Å². The summed E-state index contributed by atoms with van der Waals surface area (Å²) in [5.41, 5.74) is 2.50. The summed E-state index contributed by atoms with van der Waals surface area (Å²) in [6, 6.07) is 6.13. The first-order chi connectivity index (χ1) is 14.6. The molecule has 3 heterocycles. The van der Waals surface area contributed by atoms with E-state index in [9.17, 15) is 14.0 Å². The van der Waals surface area contributed by atoms with Gasteiger partial charge in [0, 0.05) is 30.3 Å². The van der Waals surface area contributed by atoms with Crippen molar-refractivity contribution in [2.24, 2.45) is 10.9 Å². The van der Waals surface area contributed by atoms with E-state index >= 15 is 0 Å². The fraction of sp³-hybridized carbons (Fsp3) is 0.478. The molecule has 0 aliphatic carbocycles. The zero-order valence-corrected chi connectivity index (χ0v) is 18.3. The average Bonchev–Trinajstić information content (AvgIpc) is 3.04. The number of likely N-dealkylation sites (tertiary alicyclic amines) is 1. The highest BCUT2D eigenvalue weighted by Crippen LogP contribution is 2.37. The number of ether oxygens (including phenoxy) is 1.